The maximum atomic E-state index is 11.2. The van der Waals surface area contributed by atoms with Crippen LogP contribution in [0.5, 0.6) is 11.5 Å². The molecule has 8 heteroatoms. The summed E-state index contributed by atoms with van der Waals surface area (Å²) in [6.07, 6.45) is 2.38. The number of benzene rings is 1. The molecule has 25 heavy (non-hydrogen) atoms. The standard InChI is InChI=1S/C17H21N3O4S/c1-3-23-16(22)5-4-8-24-14-7-6-13(15(21)9-14)10-18-20-17-19-12(2)11-25-17/h6-7,9-11,21H,3-5,8H2,1-2H3,(H,19,20). The summed E-state index contributed by atoms with van der Waals surface area (Å²) in [4.78, 5) is 15.4. The summed E-state index contributed by atoms with van der Waals surface area (Å²) >= 11 is 1.46. The highest BCUT2D eigenvalue weighted by atomic mass is 32.1. The summed E-state index contributed by atoms with van der Waals surface area (Å²) in [6, 6.07) is 4.95. The summed E-state index contributed by atoms with van der Waals surface area (Å²) in [7, 11) is 0. The third-order valence-electron chi connectivity index (χ3n) is 3.08. The summed E-state index contributed by atoms with van der Waals surface area (Å²) in [5.41, 5.74) is 4.29. The van der Waals surface area contributed by atoms with Gasteiger partial charge in [-0.1, -0.05) is 0 Å². The van der Waals surface area contributed by atoms with Crippen molar-refractivity contribution in [2.45, 2.75) is 26.7 Å². The number of thiazole rings is 1. The zero-order chi connectivity index (χ0) is 18.1. The third kappa shape index (κ3) is 6.42. The van der Waals surface area contributed by atoms with Crippen molar-refractivity contribution in [2.24, 2.45) is 5.10 Å². The number of rotatable bonds is 9. The lowest BCUT2D eigenvalue weighted by Crippen LogP contribution is -2.06. The van der Waals surface area contributed by atoms with Crippen LogP contribution < -0.4 is 10.2 Å². The van der Waals surface area contributed by atoms with E-state index in [-0.39, 0.29) is 11.7 Å². The molecule has 0 saturated heterocycles. The van der Waals surface area contributed by atoms with Gasteiger partial charge in [-0.05, 0) is 32.4 Å². The topological polar surface area (TPSA) is 93.0 Å². The monoisotopic (exact) mass is 363 g/mol. The second kappa shape index (κ2) is 9.63. The number of hydrogen-bond donors (Lipinski definition) is 2. The molecule has 0 spiro atoms. The molecule has 0 saturated carbocycles. The van der Waals surface area contributed by atoms with Gasteiger partial charge in [0.05, 0.1) is 25.1 Å². The Morgan fingerprint density at radius 3 is 3.00 bits per heavy atom. The van der Waals surface area contributed by atoms with Crippen molar-refractivity contribution in [2.75, 3.05) is 18.6 Å². The minimum atomic E-state index is -0.233. The number of phenols is 1. The first-order chi connectivity index (χ1) is 12.1. The van der Waals surface area contributed by atoms with Crippen molar-refractivity contribution in [1.82, 2.24) is 4.98 Å². The van der Waals surface area contributed by atoms with E-state index in [0.29, 0.717) is 42.5 Å². The quantitative estimate of drug-likeness (QED) is 0.307. The maximum absolute atomic E-state index is 11.2. The van der Waals surface area contributed by atoms with Gasteiger partial charge in [-0.15, -0.1) is 11.3 Å². The normalized spacial score (nSPS) is 10.8. The summed E-state index contributed by atoms with van der Waals surface area (Å²) < 4.78 is 10.4. The minimum absolute atomic E-state index is 0.0590. The predicted molar refractivity (Wildman–Crippen MR) is 97.5 cm³/mol. The van der Waals surface area contributed by atoms with E-state index in [9.17, 15) is 9.90 Å². The van der Waals surface area contributed by atoms with Crippen molar-refractivity contribution >= 4 is 28.7 Å². The van der Waals surface area contributed by atoms with Gasteiger partial charge in [0.15, 0.2) is 0 Å². The van der Waals surface area contributed by atoms with E-state index < -0.39 is 0 Å². The Kier molecular flexibility index (Phi) is 7.21. The van der Waals surface area contributed by atoms with Gasteiger partial charge in [-0.25, -0.2) is 4.98 Å². The zero-order valence-electron chi connectivity index (χ0n) is 14.2. The highest BCUT2D eigenvalue weighted by molar-refractivity contribution is 7.13. The Labute approximate surface area is 150 Å². The smallest absolute Gasteiger partial charge is 0.305 e. The average Bonchev–Trinajstić information content (AvgIpc) is 2.99. The van der Waals surface area contributed by atoms with Gasteiger partial charge in [0.2, 0.25) is 5.13 Å². The maximum Gasteiger partial charge on any atom is 0.305 e. The van der Waals surface area contributed by atoms with Crippen molar-refractivity contribution in [3.63, 3.8) is 0 Å². The molecule has 0 bridgehead atoms. The Morgan fingerprint density at radius 2 is 2.32 bits per heavy atom. The lowest BCUT2D eigenvalue weighted by atomic mass is 10.2. The Bertz CT molecular complexity index is 730. The van der Waals surface area contributed by atoms with Gasteiger partial charge in [0, 0.05) is 23.4 Å². The second-order valence-electron chi connectivity index (χ2n) is 5.14. The molecule has 2 rings (SSSR count). The highest BCUT2D eigenvalue weighted by Gasteiger charge is 2.04. The molecule has 0 fully saturated rings. The molecule has 0 aliphatic carbocycles. The number of aryl methyl sites for hydroxylation is 1. The SMILES string of the molecule is CCOC(=O)CCCOc1ccc(C=NNc2nc(C)cs2)c(O)c1. The second-order valence-corrected chi connectivity index (χ2v) is 6.00. The van der Waals surface area contributed by atoms with E-state index in [1.54, 1.807) is 19.1 Å². The van der Waals surface area contributed by atoms with Crippen LogP contribution in [0.2, 0.25) is 0 Å². The van der Waals surface area contributed by atoms with Crippen LogP contribution in [-0.4, -0.2) is 35.5 Å². The highest BCUT2D eigenvalue weighted by Crippen LogP contribution is 2.23. The first-order valence-corrected chi connectivity index (χ1v) is 8.79. The molecular weight excluding hydrogens is 342 g/mol. The number of carbonyl (C=O) groups is 1. The molecule has 0 radical (unpaired) electrons. The van der Waals surface area contributed by atoms with Crippen molar-refractivity contribution < 1.29 is 19.4 Å². The molecule has 2 aromatic rings. The lowest BCUT2D eigenvalue weighted by molar-refractivity contribution is -0.143. The van der Waals surface area contributed by atoms with Gasteiger partial charge in [-0.2, -0.15) is 5.10 Å². The molecule has 0 aliphatic heterocycles. The van der Waals surface area contributed by atoms with E-state index >= 15 is 0 Å². The number of phenolic OH excluding ortho intramolecular Hbond substituents is 1. The molecule has 1 aromatic heterocycles. The average molecular weight is 363 g/mol. The van der Waals surface area contributed by atoms with Gasteiger partial charge in [0.1, 0.15) is 11.5 Å². The molecular formula is C17H21N3O4S. The van der Waals surface area contributed by atoms with Crippen LogP contribution in [0, 0.1) is 6.92 Å². The number of aromatic hydroxyl groups is 1. The van der Waals surface area contributed by atoms with E-state index in [1.165, 1.54) is 23.6 Å². The number of hydrazone groups is 1. The van der Waals surface area contributed by atoms with Crippen LogP contribution in [-0.2, 0) is 9.53 Å². The molecule has 0 atom stereocenters. The minimum Gasteiger partial charge on any atom is -0.507 e. The largest absolute Gasteiger partial charge is 0.507 e. The van der Waals surface area contributed by atoms with Gasteiger partial charge in [0.25, 0.3) is 0 Å². The number of hydrogen-bond acceptors (Lipinski definition) is 8. The zero-order valence-corrected chi connectivity index (χ0v) is 15.0. The summed E-state index contributed by atoms with van der Waals surface area (Å²) in [5, 5.41) is 16.7. The fourth-order valence-corrected chi connectivity index (χ4v) is 2.56. The fraction of sp³-hybridized carbons (Fsp3) is 0.353. The van der Waals surface area contributed by atoms with Crippen LogP contribution in [0.1, 0.15) is 31.0 Å². The molecule has 0 amide bonds. The first-order valence-electron chi connectivity index (χ1n) is 7.91. The van der Waals surface area contributed by atoms with E-state index in [2.05, 4.69) is 15.5 Å². The summed E-state index contributed by atoms with van der Waals surface area (Å²) in [6.45, 7) is 4.43. The molecule has 1 heterocycles. The van der Waals surface area contributed by atoms with Crippen molar-refractivity contribution in [3.8, 4) is 11.5 Å². The van der Waals surface area contributed by atoms with Gasteiger partial charge < -0.3 is 14.6 Å². The Hall–Kier alpha value is -2.61. The number of carbonyl (C=O) groups excluding carboxylic acids is 1. The third-order valence-corrected chi connectivity index (χ3v) is 3.95. The number of nitrogens with zero attached hydrogens (tertiary/aromatic N) is 2. The fourth-order valence-electron chi connectivity index (χ4n) is 1.92. The molecule has 0 unspecified atom stereocenters. The van der Waals surface area contributed by atoms with Crippen LogP contribution in [0.3, 0.4) is 0 Å². The summed E-state index contributed by atoms with van der Waals surface area (Å²) in [5.74, 6) is 0.356. The van der Waals surface area contributed by atoms with Crippen LogP contribution >= 0.6 is 11.3 Å². The van der Waals surface area contributed by atoms with E-state index in [0.717, 1.165) is 5.69 Å². The number of nitrogens with one attached hydrogen (secondary N) is 1. The van der Waals surface area contributed by atoms with E-state index in [1.807, 2.05) is 12.3 Å². The Balaban J connectivity index is 1.80. The molecule has 0 aliphatic rings. The number of ether oxygens (including phenoxy) is 2. The first kappa shape index (κ1) is 18.7. The van der Waals surface area contributed by atoms with E-state index in [4.69, 9.17) is 9.47 Å². The number of aromatic nitrogens is 1. The van der Waals surface area contributed by atoms with Crippen LogP contribution in [0.4, 0.5) is 5.13 Å². The van der Waals surface area contributed by atoms with Gasteiger partial charge >= 0.3 is 5.97 Å². The van der Waals surface area contributed by atoms with Crippen LogP contribution in [0.25, 0.3) is 0 Å². The lowest BCUT2D eigenvalue weighted by Gasteiger charge is -2.07. The molecule has 2 N–H and O–H groups in total. The predicted octanol–water partition coefficient (Wildman–Crippen LogP) is 3.33. The molecule has 1 aromatic carbocycles. The van der Waals surface area contributed by atoms with Crippen molar-refractivity contribution in [1.29, 1.82) is 0 Å². The van der Waals surface area contributed by atoms with Gasteiger partial charge in [-0.3, -0.25) is 10.2 Å². The molecule has 134 valence electrons. The van der Waals surface area contributed by atoms with Crippen molar-refractivity contribution in [3.05, 3.63) is 34.8 Å². The number of esters is 1. The number of anilines is 1. The van der Waals surface area contributed by atoms with Crippen LogP contribution in [0.15, 0.2) is 28.7 Å². The Morgan fingerprint density at radius 1 is 1.48 bits per heavy atom. The molecule has 7 nitrogen and oxygen atoms in total.